The molecule has 10 heteroatoms. The summed E-state index contributed by atoms with van der Waals surface area (Å²) in [5.74, 6) is 1.11. The Hall–Kier alpha value is 1.54. The van der Waals surface area contributed by atoms with Gasteiger partial charge in [0.05, 0.1) is 0 Å². The predicted octanol–water partition coefficient (Wildman–Crippen LogP) is -0.0355. The fourth-order valence-corrected chi connectivity index (χ4v) is 0.612. The smallest absolute Gasteiger partial charge is 0.781 e. The van der Waals surface area contributed by atoms with Gasteiger partial charge in [0, 0.05) is 11.8 Å². The summed E-state index contributed by atoms with van der Waals surface area (Å²) >= 11 is 10.1. The summed E-state index contributed by atoms with van der Waals surface area (Å²) in [4.78, 5) is 18.6. The third kappa shape index (κ3) is 30.0. The average molecular weight is 308 g/mol. The Balaban J connectivity index is -0.000000142. The van der Waals surface area contributed by atoms with E-state index in [4.69, 9.17) is 23.2 Å². The van der Waals surface area contributed by atoms with Gasteiger partial charge in [-0.1, -0.05) is 0 Å². The van der Waals surface area contributed by atoms with E-state index in [1.165, 1.54) is 0 Å². The second-order valence-corrected chi connectivity index (χ2v) is 3.55. The van der Waals surface area contributed by atoms with Gasteiger partial charge in [-0.15, -0.1) is 23.2 Å². The Morgan fingerprint density at radius 2 is 1.33 bits per heavy atom. The van der Waals surface area contributed by atoms with Crippen molar-refractivity contribution in [2.45, 2.75) is 0 Å². The molecule has 2 unspecified atom stereocenters. The summed E-state index contributed by atoms with van der Waals surface area (Å²) in [7, 11) is -7.03. The van der Waals surface area contributed by atoms with Crippen molar-refractivity contribution in [3.63, 3.8) is 0 Å². The minimum atomic E-state index is -3.51. The van der Waals surface area contributed by atoms with Crippen molar-refractivity contribution in [1.82, 2.24) is 0 Å². The molecular weight excluding hydrogens is 302 g/mol. The van der Waals surface area contributed by atoms with Gasteiger partial charge in [-0.05, 0) is 0 Å². The van der Waals surface area contributed by atoms with Gasteiger partial charge in [0.2, 0.25) is 0 Å². The molecule has 0 rings (SSSR count). The first-order valence-electron chi connectivity index (χ1n) is 2.26. The van der Waals surface area contributed by atoms with Crippen LogP contribution in [0.4, 0.5) is 0 Å². The van der Waals surface area contributed by atoms with Crippen LogP contribution in [0.1, 0.15) is 0 Å². The number of halogens is 2. The van der Waals surface area contributed by atoms with E-state index in [-0.39, 0.29) is 19.5 Å². The van der Waals surface area contributed by atoms with E-state index in [0.29, 0.717) is 11.8 Å². The van der Waals surface area contributed by atoms with E-state index >= 15 is 0 Å². The van der Waals surface area contributed by atoms with Gasteiger partial charge in [0.25, 0.3) is 0 Å². The molecule has 0 saturated carbocycles. The molecule has 0 radical (unpaired) electrons. The first-order chi connectivity index (χ1) is 5.04. The fourth-order valence-electron chi connectivity index (χ4n) is 0.0680. The number of rotatable bonds is 3. The van der Waals surface area contributed by atoms with Crippen molar-refractivity contribution in [1.29, 1.82) is 0 Å². The van der Waals surface area contributed by atoms with Crippen LogP contribution in [-0.2, 0) is 32.9 Å². The van der Waals surface area contributed by atoms with Crippen molar-refractivity contribution in [3.05, 3.63) is 0 Å². The van der Waals surface area contributed by atoms with E-state index in [2.05, 4.69) is 4.31 Å². The quantitative estimate of drug-likeness (QED) is 0.415. The molecule has 0 aliphatic carbocycles. The maximum absolute atomic E-state index is 9.29. The molecule has 0 fully saturated rings. The Morgan fingerprint density at radius 3 is 1.33 bits per heavy atom. The normalized spacial score (nSPS) is 13.3. The topological polar surface area (TPSA) is 89.5 Å². The Bertz CT molecular complexity index is 121. The van der Waals surface area contributed by atoms with Crippen LogP contribution in [0, 0.1) is 0 Å². The van der Waals surface area contributed by atoms with Gasteiger partial charge < -0.3 is 18.9 Å². The fraction of sp³-hybridized carbons (Fsp3) is 1.00. The van der Waals surface area contributed by atoms with Crippen LogP contribution in [-0.4, -0.2) is 11.8 Å². The second kappa shape index (κ2) is 15.0. The molecule has 0 bridgehead atoms. The number of hydrogen-bond donors (Lipinski definition) is 0. The maximum atomic E-state index is 9.29. The van der Waals surface area contributed by atoms with Crippen LogP contribution in [0.3, 0.4) is 0 Å². The van der Waals surface area contributed by atoms with Crippen LogP contribution >= 0.6 is 39.7 Å². The minimum absolute atomic E-state index is 0. The summed E-state index contributed by atoms with van der Waals surface area (Å²) in [6.45, 7) is 0. The molecule has 2 atom stereocenters. The summed E-state index contributed by atoms with van der Waals surface area (Å²) in [5.41, 5.74) is 0. The predicted molar refractivity (Wildman–Crippen MR) is 40.5 cm³/mol. The molecule has 5 nitrogen and oxygen atoms in total. The molecule has 0 aromatic carbocycles. The monoisotopic (exact) mass is 306 g/mol. The summed E-state index contributed by atoms with van der Waals surface area (Å²) < 4.78 is 21.8. The second-order valence-electron chi connectivity index (χ2n) is 0.980. The van der Waals surface area contributed by atoms with Crippen molar-refractivity contribution in [2.75, 3.05) is 11.8 Å². The molecule has 0 saturated heterocycles. The molecule has 0 aliphatic rings. The summed E-state index contributed by atoms with van der Waals surface area (Å²) in [6, 6.07) is 0. The third-order valence-electron chi connectivity index (χ3n) is 0.238. The van der Waals surface area contributed by atoms with Gasteiger partial charge in [0.15, 0.2) is 0 Å². The summed E-state index contributed by atoms with van der Waals surface area (Å²) in [6.07, 6.45) is 0. The van der Waals surface area contributed by atoms with E-state index < -0.39 is 16.5 Å². The van der Waals surface area contributed by atoms with Crippen LogP contribution < -0.4 is 9.79 Å². The van der Waals surface area contributed by atoms with Crippen molar-refractivity contribution < 1.29 is 42.7 Å². The van der Waals surface area contributed by atoms with E-state index in [9.17, 15) is 18.9 Å². The maximum Gasteiger partial charge on any atom is 2.00 e. The standard InChI is InChI=1S/C2H4Cl2.H4O5P2.Zn/c3-1-2-4;1-6(2)5-7(3)4;/h1-2H2;6-7H,(H,1,2)(H,3,4);/q;;+2/p-2. The molecule has 12 heavy (non-hydrogen) atoms. The minimum Gasteiger partial charge on any atom is -0.781 e. The van der Waals surface area contributed by atoms with Crippen molar-refractivity contribution >= 4 is 39.7 Å². The van der Waals surface area contributed by atoms with E-state index in [0.717, 1.165) is 0 Å². The van der Waals surface area contributed by atoms with E-state index in [1.54, 1.807) is 0 Å². The van der Waals surface area contributed by atoms with Crippen LogP contribution in [0.15, 0.2) is 0 Å². The molecule has 0 aromatic heterocycles. The van der Waals surface area contributed by atoms with E-state index in [1.807, 2.05) is 0 Å². The molecule has 0 spiro atoms. The molecule has 0 aliphatic heterocycles. The zero-order chi connectivity index (χ0) is 9.28. The zero-order valence-corrected chi connectivity index (χ0v) is 12.4. The van der Waals surface area contributed by atoms with Gasteiger partial charge in [-0.2, -0.15) is 0 Å². The average Bonchev–Trinajstić information content (AvgIpc) is 1.85. The van der Waals surface area contributed by atoms with Gasteiger partial charge in [0.1, 0.15) is 16.5 Å². The molecule has 0 amide bonds. The Morgan fingerprint density at radius 1 is 1.08 bits per heavy atom. The zero-order valence-electron chi connectivity index (χ0n) is 5.92. The SMILES string of the molecule is ClCCCl.O=[PH]([O-])O[PH](=O)[O-].[Zn+2]. The van der Waals surface area contributed by atoms with Gasteiger partial charge in [-0.25, -0.2) is 0 Å². The molecule has 0 aromatic rings. The van der Waals surface area contributed by atoms with Gasteiger partial charge >= 0.3 is 19.5 Å². The molecule has 70 valence electrons. The summed E-state index contributed by atoms with van der Waals surface area (Å²) in [5, 5.41) is 0. The molecule has 0 heterocycles. The van der Waals surface area contributed by atoms with Crippen molar-refractivity contribution in [2.24, 2.45) is 0 Å². The van der Waals surface area contributed by atoms with Crippen molar-refractivity contribution in [3.8, 4) is 0 Å². The molecule has 0 N–H and O–H groups in total. The molecular formula is C2H6Cl2O5P2Zn. The number of alkyl halides is 2. The first-order valence-corrected chi connectivity index (χ1v) is 5.78. The van der Waals surface area contributed by atoms with Crippen LogP contribution in [0.5, 0.6) is 0 Å². The Kier molecular flexibility index (Phi) is 24.0. The third-order valence-corrected chi connectivity index (χ3v) is 2.14. The largest absolute Gasteiger partial charge is 2.00 e. The first kappa shape index (κ1) is 19.2. The Labute approximate surface area is 94.1 Å². The van der Waals surface area contributed by atoms with Gasteiger partial charge in [-0.3, -0.25) is 4.31 Å². The number of hydrogen-bond acceptors (Lipinski definition) is 5. The van der Waals surface area contributed by atoms with Crippen LogP contribution in [0.25, 0.3) is 0 Å². The van der Waals surface area contributed by atoms with Crippen LogP contribution in [0.2, 0.25) is 0 Å².